The summed E-state index contributed by atoms with van der Waals surface area (Å²) in [6, 6.07) is 0. The van der Waals surface area contributed by atoms with Gasteiger partial charge in [0, 0.05) is 24.6 Å². The Morgan fingerprint density at radius 1 is 1.58 bits per heavy atom. The Hall–Kier alpha value is -0.120. The van der Waals surface area contributed by atoms with E-state index in [0.29, 0.717) is 12.5 Å². The maximum Gasteiger partial charge on any atom is 0.0513 e. The van der Waals surface area contributed by atoms with Crippen molar-refractivity contribution in [2.45, 2.75) is 18.9 Å². The molecule has 0 aromatic rings. The molecule has 0 bridgehead atoms. The smallest absolute Gasteiger partial charge is 0.0513 e. The second kappa shape index (κ2) is 3.73. The maximum absolute atomic E-state index is 5.79. The van der Waals surface area contributed by atoms with Gasteiger partial charge in [-0.25, -0.2) is 0 Å². The van der Waals surface area contributed by atoms with Crippen molar-refractivity contribution in [3.05, 3.63) is 0 Å². The summed E-state index contributed by atoms with van der Waals surface area (Å²) in [7, 11) is 4.18. The molecule has 1 rings (SSSR count). The van der Waals surface area contributed by atoms with Crippen molar-refractivity contribution >= 4 is 0 Å². The van der Waals surface area contributed by atoms with Crippen molar-refractivity contribution in [2.75, 3.05) is 33.9 Å². The molecule has 0 amide bonds. The van der Waals surface area contributed by atoms with Gasteiger partial charge in [-0.1, -0.05) is 0 Å². The van der Waals surface area contributed by atoms with Crippen LogP contribution in [0.1, 0.15) is 13.3 Å². The fourth-order valence-electron chi connectivity index (χ4n) is 1.74. The third-order valence-corrected chi connectivity index (χ3v) is 3.24. The summed E-state index contributed by atoms with van der Waals surface area (Å²) < 4.78 is 5.37. The standard InChI is InChI=1S/C9H20N2O/c1-9(7-10,11(2)3)8-4-5-12-6-8/h8H,4-7,10H2,1-3H3. The molecule has 12 heavy (non-hydrogen) atoms. The van der Waals surface area contributed by atoms with Crippen LogP contribution in [0.15, 0.2) is 0 Å². The van der Waals surface area contributed by atoms with E-state index >= 15 is 0 Å². The first kappa shape index (κ1) is 9.96. The van der Waals surface area contributed by atoms with Crippen LogP contribution in [-0.4, -0.2) is 44.3 Å². The Morgan fingerprint density at radius 3 is 2.58 bits per heavy atom. The molecule has 0 aromatic carbocycles. The molecule has 0 aromatic heterocycles. The van der Waals surface area contributed by atoms with Gasteiger partial charge in [0.1, 0.15) is 0 Å². The Labute approximate surface area is 74.9 Å². The molecule has 1 aliphatic heterocycles. The van der Waals surface area contributed by atoms with Gasteiger partial charge in [-0.15, -0.1) is 0 Å². The summed E-state index contributed by atoms with van der Waals surface area (Å²) in [4.78, 5) is 2.21. The highest BCUT2D eigenvalue weighted by molar-refractivity contribution is 4.92. The van der Waals surface area contributed by atoms with Crippen molar-refractivity contribution in [1.82, 2.24) is 4.90 Å². The monoisotopic (exact) mass is 172 g/mol. The highest BCUT2D eigenvalue weighted by Gasteiger charge is 2.37. The van der Waals surface area contributed by atoms with Crippen LogP contribution in [0.25, 0.3) is 0 Å². The molecular weight excluding hydrogens is 152 g/mol. The number of nitrogens with zero attached hydrogens (tertiary/aromatic N) is 1. The maximum atomic E-state index is 5.79. The van der Waals surface area contributed by atoms with Gasteiger partial charge in [0.25, 0.3) is 0 Å². The number of hydrogen-bond donors (Lipinski definition) is 1. The van der Waals surface area contributed by atoms with E-state index in [9.17, 15) is 0 Å². The zero-order valence-electron chi connectivity index (χ0n) is 8.34. The average Bonchev–Trinajstić information content (AvgIpc) is 2.54. The Balaban J connectivity index is 2.64. The lowest BCUT2D eigenvalue weighted by Gasteiger charge is -2.40. The van der Waals surface area contributed by atoms with Crippen molar-refractivity contribution in [2.24, 2.45) is 11.7 Å². The van der Waals surface area contributed by atoms with Crippen LogP contribution in [0.4, 0.5) is 0 Å². The molecule has 2 N–H and O–H groups in total. The van der Waals surface area contributed by atoms with E-state index in [1.807, 2.05) is 0 Å². The Kier molecular flexibility index (Phi) is 3.09. The summed E-state index contributed by atoms with van der Waals surface area (Å²) in [6.07, 6.45) is 1.14. The van der Waals surface area contributed by atoms with Crippen LogP contribution < -0.4 is 5.73 Å². The summed E-state index contributed by atoms with van der Waals surface area (Å²) >= 11 is 0. The Bertz CT molecular complexity index is 143. The first-order chi connectivity index (χ1) is 5.61. The minimum Gasteiger partial charge on any atom is -0.381 e. The van der Waals surface area contributed by atoms with Crippen LogP contribution in [0, 0.1) is 5.92 Å². The van der Waals surface area contributed by atoms with Crippen molar-refractivity contribution < 1.29 is 4.74 Å². The molecule has 0 aliphatic carbocycles. The number of likely N-dealkylation sites (N-methyl/N-ethyl adjacent to an activating group) is 1. The molecule has 0 saturated carbocycles. The van der Waals surface area contributed by atoms with Crippen molar-refractivity contribution in [3.63, 3.8) is 0 Å². The van der Waals surface area contributed by atoms with Gasteiger partial charge in [-0.05, 0) is 27.4 Å². The minimum absolute atomic E-state index is 0.108. The van der Waals surface area contributed by atoms with Gasteiger partial charge in [-0.2, -0.15) is 0 Å². The van der Waals surface area contributed by atoms with Gasteiger partial charge in [0.2, 0.25) is 0 Å². The quantitative estimate of drug-likeness (QED) is 0.665. The number of rotatable bonds is 3. The summed E-state index contributed by atoms with van der Waals surface area (Å²) in [5, 5.41) is 0. The highest BCUT2D eigenvalue weighted by atomic mass is 16.5. The molecule has 3 heteroatoms. The van der Waals surface area contributed by atoms with E-state index in [4.69, 9.17) is 10.5 Å². The first-order valence-corrected chi connectivity index (χ1v) is 4.56. The lowest BCUT2D eigenvalue weighted by atomic mass is 9.84. The van der Waals surface area contributed by atoms with Crippen LogP contribution in [0.3, 0.4) is 0 Å². The molecular formula is C9H20N2O. The molecule has 0 radical (unpaired) electrons. The molecule has 1 saturated heterocycles. The summed E-state index contributed by atoms with van der Waals surface area (Å²) in [6.45, 7) is 4.68. The predicted molar refractivity (Wildman–Crippen MR) is 50.1 cm³/mol. The average molecular weight is 172 g/mol. The molecule has 2 atom stereocenters. The summed E-state index contributed by atoms with van der Waals surface area (Å²) in [5.74, 6) is 0.595. The van der Waals surface area contributed by atoms with E-state index < -0.39 is 0 Å². The molecule has 1 fully saturated rings. The fraction of sp³-hybridized carbons (Fsp3) is 1.00. The van der Waals surface area contributed by atoms with E-state index in [2.05, 4.69) is 25.9 Å². The van der Waals surface area contributed by atoms with Crippen LogP contribution in [0.5, 0.6) is 0 Å². The van der Waals surface area contributed by atoms with Crippen LogP contribution >= 0.6 is 0 Å². The lowest BCUT2D eigenvalue weighted by molar-refractivity contribution is 0.0871. The molecule has 72 valence electrons. The topological polar surface area (TPSA) is 38.5 Å². The number of ether oxygens (including phenoxy) is 1. The van der Waals surface area contributed by atoms with Gasteiger partial charge in [0.15, 0.2) is 0 Å². The van der Waals surface area contributed by atoms with E-state index in [1.54, 1.807) is 0 Å². The van der Waals surface area contributed by atoms with E-state index in [-0.39, 0.29) is 5.54 Å². The SMILES string of the molecule is CN(C)C(C)(CN)C1CCOC1. The third kappa shape index (κ3) is 1.63. The molecule has 2 unspecified atom stereocenters. The van der Waals surface area contributed by atoms with E-state index in [0.717, 1.165) is 19.6 Å². The third-order valence-electron chi connectivity index (χ3n) is 3.24. The fourth-order valence-corrected chi connectivity index (χ4v) is 1.74. The second-order valence-electron chi connectivity index (χ2n) is 4.02. The largest absolute Gasteiger partial charge is 0.381 e. The molecule has 3 nitrogen and oxygen atoms in total. The summed E-state index contributed by atoms with van der Waals surface area (Å²) in [5.41, 5.74) is 5.90. The predicted octanol–water partition coefficient (Wildman–Crippen LogP) is 0.302. The zero-order chi connectivity index (χ0) is 9.19. The molecule has 1 aliphatic rings. The zero-order valence-corrected chi connectivity index (χ0v) is 8.34. The van der Waals surface area contributed by atoms with Crippen molar-refractivity contribution in [3.8, 4) is 0 Å². The second-order valence-corrected chi connectivity index (χ2v) is 4.02. The lowest BCUT2D eigenvalue weighted by Crippen LogP contribution is -2.53. The highest BCUT2D eigenvalue weighted by Crippen LogP contribution is 2.28. The number of hydrogen-bond acceptors (Lipinski definition) is 3. The molecule has 1 heterocycles. The Morgan fingerprint density at radius 2 is 2.25 bits per heavy atom. The number of nitrogens with two attached hydrogens (primary N) is 1. The normalized spacial score (nSPS) is 29.2. The van der Waals surface area contributed by atoms with Crippen LogP contribution in [0.2, 0.25) is 0 Å². The van der Waals surface area contributed by atoms with Gasteiger partial charge in [-0.3, -0.25) is 0 Å². The molecule has 0 spiro atoms. The van der Waals surface area contributed by atoms with Gasteiger partial charge >= 0.3 is 0 Å². The van der Waals surface area contributed by atoms with Crippen LogP contribution in [-0.2, 0) is 4.74 Å². The van der Waals surface area contributed by atoms with E-state index in [1.165, 1.54) is 0 Å². The van der Waals surface area contributed by atoms with Crippen molar-refractivity contribution in [1.29, 1.82) is 0 Å². The van der Waals surface area contributed by atoms with Gasteiger partial charge < -0.3 is 15.4 Å². The van der Waals surface area contributed by atoms with Gasteiger partial charge in [0.05, 0.1) is 6.61 Å². The first-order valence-electron chi connectivity index (χ1n) is 4.56. The minimum atomic E-state index is 0.108.